The van der Waals surface area contributed by atoms with E-state index in [0.29, 0.717) is 0 Å². The van der Waals surface area contributed by atoms with Crippen molar-refractivity contribution in [2.24, 2.45) is 5.92 Å². The van der Waals surface area contributed by atoms with Gasteiger partial charge in [0.1, 0.15) is 17.5 Å². The minimum absolute atomic E-state index is 0.0613. The first-order chi connectivity index (χ1) is 5.99. The summed E-state index contributed by atoms with van der Waals surface area (Å²) in [6, 6.07) is 0. The zero-order valence-corrected chi connectivity index (χ0v) is 8.12. The van der Waals surface area contributed by atoms with E-state index in [0.717, 1.165) is 0 Å². The second kappa shape index (κ2) is 5.45. The molecule has 0 radical (unpaired) electrons. The van der Waals surface area contributed by atoms with Gasteiger partial charge < -0.3 is 4.74 Å². The predicted molar refractivity (Wildman–Crippen MR) is 46.1 cm³/mol. The van der Waals surface area contributed by atoms with Gasteiger partial charge in [-0.2, -0.15) is 0 Å². The largest absolute Gasteiger partial charge is 0.465 e. The maximum absolute atomic E-state index is 11.1. The maximum Gasteiger partial charge on any atom is 0.316 e. The number of rotatable bonds is 5. The number of ether oxygens (including phenoxy) is 1. The molecule has 0 aliphatic carbocycles. The topological polar surface area (TPSA) is 60.4 Å². The molecule has 0 aromatic rings. The van der Waals surface area contributed by atoms with Gasteiger partial charge in [-0.25, -0.2) is 0 Å². The molecule has 0 aliphatic heterocycles. The molecule has 13 heavy (non-hydrogen) atoms. The third kappa shape index (κ3) is 4.40. The lowest BCUT2D eigenvalue weighted by Crippen LogP contribution is -2.26. The molecule has 0 aliphatic rings. The standard InChI is InChI=1S/C9H14O4/c1-4-13-9(12)8(7(3)11)5-6(2)10/h8H,4-5H2,1-3H3/t8-/m1/s1. The minimum atomic E-state index is -0.919. The van der Waals surface area contributed by atoms with Gasteiger partial charge >= 0.3 is 5.97 Å². The first-order valence-electron chi connectivity index (χ1n) is 4.15. The van der Waals surface area contributed by atoms with Crippen molar-refractivity contribution in [2.75, 3.05) is 6.61 Å². The average Bonchev–Trinajstić information content (AvgIpc) is 1.99. The van der Waals surface area contributed by atoms with Crippen molar-refractivity contribution in [1.82, 2.24) is 0 Å². The predicted octanol–water partition coefficient (Wildman–Crippen LogP) is 0.734. The zero-order valence-electron chi connectivity index (χ0n) is 8.12. The lowest BCUT2D eigenvalue weighted by molar-refractivity contribution is -0.152. The van der Waals surface area contributed by atoms with Crippen LogP contribution in [0.4, 0.5) is 0 Å². The van der Waals surface area contributed by atoms with Gasteiger partial charge in [0.05, 0.1) is 6.61 Å². The number of hydrogen-bond donors (Lipinski definition) is 0. The van der Waals surface area contributed by atoms with E-state index >= 15 is 0 Å². The second-order valence-corrected chi connectivity index (χ2v) is 2.82. The van der Waals surface area contributed by atoms with E-state index in [-0.39, 0.29) is 24.6 Å². The zero-order chi connectivity index (χ0) is 10.4. The van der Waals surface area contributed by atoms with Crippen LogP contribution in [0.2, 0.25) is 0 Å². The van der Waals surface area contributed by atoms with E-state index in [1.807, 2.05) is 0 Å². The van der Waals surface area contributed by atoms with Crippen LogP contribution >= 0.6 is 0 Å². The summed E-state index contributed by atoms with van der Waals surface area (Å²) in [6.07, 6.45) is -0.0613. The van der Waals surface area contributed by atoms with Gasteiger partial charge in [-0.1, -0.05) is 0 Å². The SMILES string of the molecule is CCOC(=O)[C@H](CC(C)=O)C(C)=O. The highest BCUT2D eigenvalue weighted by Gasteiger charge is 2.25. The molecule has 0 fully saturated rings. The number of ketones is 2. The molecular formula is C9H14O4. The summed E-state index contributed by atoms with van der Waals surface area (Å²) in [7, 11) is 0. The Kier molecular flexibility index (Phi) is 4.96. The van der Waals surface area contributed by atoms with Crippen LogP contribution in [0.3, 0.4) is 0 Å². The van der Waals surface area contributed by atoms with Gasteiger partial charge in [-0.05, 0) is 20.8 Å². The average molecular weight is 186 g/mol. The summed E-state index contributed by atoms with van der Waals surface area (Å²) in [5.74, 6) is -2.04. The van der Waals surface area contributed by atoms with Crippen molar-refractivity contribution in [3.8, 4) is 0 Å². The van der Waals surface area contributed by atoms with Gasteiger partial charge in [-0.15, -0.1) is 0 Å². The molecule has 4 heteroatoms. The Labute approximate surface area is 77.3 Å². The molecule has 0 aromatic heterocycles. The fraction of sp³-hybridized carbons (Fsp3) is 0.667. The lowest BCUT2D eigenvalue weighted by Gasteiger charge is -2.09. The number of Topliss-reactive ketones (excluding diaryl/α,β-unsaturated/α-hetero) is 2. The second-order valence-electron chi connectivity index (χ2n) is 2.82. The summed E-state index contributed by atoms with van der Waals surface area (Å²) >= 11 is 0. The highest BCUT2D eigenvalue weighted by molar-refractivity contribution is 6.01. The fourth-order valence-electron chi connectivity index (χ4n) is 0.923. The summed E-state index contributed by atoms with van der Waals surface area (Å²) < 4.78 is 4.65. The molecule has 0 bridgehead atoms. The van der Waals surface area contributed by atoms with E-state index < -0.39 is 11.9 Å². The monoisotopic (exact) mass is 186 g/mol. The fourth-order valence-corrected chi connectivity index (χ4v) is 0.923. The normalized spacial score (nSPS) is 11.9. The van der Waals surface area contributed by atoms with Crippen LogP contribution in [-0.4, -0.2) is 24.1 Å². The van der Waals surface area contributed by atoms with Gasteiger partial charge in [0.2, 0.25) is 0 Å². The molecule has 74 valence electrons. The number of carbonyl (C=O) groups is 3. The van der Waals surface area contributed by atoms with Crippen molar-refractivity contribution in [2.45, 2.75) is 27.2 Å². The van der Waals surface area contributed by atoms with Crippen LogP contribution < -0.4 is 0 Å². The van der Waals surface area contributed by atoms with Crippen molar-refractivity contribution >= 4 is 17.5 Å². The molecule has 0 unspecified atom stereocenters. The number of hydrogen-bond acceptors (Lipinski definition) is 4. The molecule has 0 amide bonds. The van der Waals surface area contributed by atoms with Crippen LogP contribution in [0.15, 0.2) is 0 Å². The molecule has 0 saturated carbocycles. The van der Waals surface area contributed by atoms with E-state index in [1.165, 1.54) is 13.8 Å². The first kappa shape index (κ1) is 11.8. The smallest absolute Gasteiger partial charge is 0.316 e. The number of esters is 1. The molecule has 0 rings (SSSR count). The van der Waals surface area contributed by atoms with Crippen LogP contribution in [0, 0.1) is 5.92 Å². The highest BCUT2D eigenvalue weighted by atomic mass is 16.5. The summed E-state index contributed by atoms with van der Waals surface area (Å²) in [5, 5.41) is 0. The molecule has 4 nitrogen and oxygen atoms in total. The van der Waals surface area contributed by atoms with E-state index in [4.69, 9.17) is 0 Å². The first-order valence-corrected chi connectivity index (χ1v) is 4.15. The molecule has 1 atom stereocenters. The van der Waals surface area contributed by atoms with Crippen LogP contribution in [-0.2, 0) is 19.1 Å². The third-order valence-corrected chi connectivity index (χ3v) is 1.55. The summed E-state index contributed by atoms with van der Waals surface area (Å²) in [4.78, 5) is 32.8. The molecule has 0 heterocycles. The Morgan fingerprint density at radius 3 is 2.08 bits per heavy atom. The molecule has 0 aromatic carbocycles. The lowest BCUT2D eigenvalue weighted by atomic mass is 9.99. The van der Waals surface area contributed by atoms with Crippen LogP contribution in [0.25, 0.3) is 0 Å². The van der Waals surface area contributed by atoms with Crippen molar-refractivity contribution in [3.63, 3.8) is 0 Å². The maximum atomic E-state index is 11.1. The Hall–Kier alpha value is -1.19. The third-order valence-electron chi connectivity index (χ3n) is 1.55. The molecular weight excluding hydrogens is 172 g/mol. The van der Waals surface area contributed by atoms with Gasteiger partial charge in [0, 0.05) is 6.42 Å². The molecule has 0 N–H and O–H groups in total. The Morgan fingerprint density at radius 1 is 1.23 bits per heavy atom. The Bertz CT molecular complexity index is 220. The van der Waals surface area contributed by atoms with Crippen molar-refractivity contribution < 1.29 is 19.1 Å². The minimum Gasteiger partial charge on any atom is -0.465 e. The number of carbonyl (C=O) groups excluding carboxylic acids is 3. The van der Waals surface area contributed by atoms with Crippen LogP contribution in [0.5, 0.6) is 0 Å². The Morgan fingerprint density at radius 2 is 1.77 bits per heavy atom. The van der Waals surface area contributed by atoms with Crippen molar-refractivity contribution in [3.05, 3.63) is 0 Å². The molecule has 0 spiro atoms. The van der Waals surface area contributed by atoms with Gasteiger partial charge in [-0.3, -0.25) is 14.4 Å². The molecule has 0 saturated heterocycles. The van der Waals surface area contributed by atoms with Gasteiger partial charge in [0.15, 0.2) is 0 Å². The Balaban J connectivity index is 4.32. The van der Waals surface area contributed by atoms with E-state index in [2.05, 4.69) is 4.74 Å². The summed E-state index contributed by atoms with van der Waals surface area (Å²) in [6.45, 7) is 4.50. The summed E-state index contributed by atoms with van der Waals surface area (Å²) in [5.41, 5.74) is 0. The van der Waals surface area contributed by atoms with E-state index in [9.17, 15) is 14.4 Å². The van der Waals surface area contributed by atoms with Crippen molar-refractivity contribution in [1.29, 1.82) is 0 Å². The highest BCUT2D eigenvalue weighted by Crippen LogP contribution is 2.07. The quantitative estimate of drug-likeness (QED) is 0.469. The van der Waals surface area contributed by atoms with E-state index in [1.54, 1.807) is 6.92 Å². The van der Waals surface area contributed by atoms with Crippen LogP contribution in [0.1, 0.15) is 27.2 Å². The van der Waals surface area contributed by atoms with Gasteiger partial charge in [0.25, 0.3) is 0 Å².